The second kappa shape index (κ2) is 7.74. The van der Waals surface area contributed by atoms with E-state index in [-0.39, 0.29) is 23.7 Å². The summed E-state index contributed by atoms with van der Waals surface area (Å²) in [6, 6.07) is 7.32. The molecule has 0 saturated carbocycles. The molecule has 7 nitrogen and oxygen atoms in total. The molecular formula is C18H20N4O3S. The Labute approximate surface area is 155 Å². The zero-order valence-electron chi connectivity index (χ0n) is 14.6. The molecule has 0 bridgehead atoms. The molecule has 2 heterocycles. The standard InChI is InChI=1S/C18H20N4O3S/c1-3-8-26-18-21-15-14(17(25)22-18)12(9-13(23)20-15)16(24)19-11-6-4-10(2)5-7-11/h4-7,12H,3,8-9H2,1-2H3,(H,19,24)(H2,20,21,22,23,25). The van der Waals surface area contributed by atoms with Crippen molar-refractivity contribution in [3.05, 3.63) is 45.7 Å². The van der Waals surface area contributed by atoms with Crippen LogP contribution >= 0.6 is 11.8 Å². The Morgan fingerprint density at radius 1 is 1.31 bits per heavy atom. The Bertz CT molecular complexity index is 892. The maximum Gasteiger partial charge on any atom is 0.257 e. The summed E-state index contributed by atoms with van der Waals surface area (Å²) < 4.78 is 0. The molecule has 0 spiro atoms. The summed E-state index contributed by atoms with van der Waals surface area (Å²) in [5.74, 6) is -0.626. The van der Waals surface area contributed by atoms with Crippen LogP contribution in [0.15, 0.2) is 34.2 Å². The molecule has 1 aromatic carbocycles. The van der Waals surface area contributed by atoms with Gasteiger partial charge in [-0.1, -0.05) is 36.4 Å². The minimum Gasteiger partial charge on any atom is -0.326 e. The molecule has 0 radical (unpaired) electrons. The van der Waals surface area contributed by atoms with E-state index in [0.717, 1.165) is 17.7 Å². The van der Waals surface area contributed by atoms with Crippen LogP contribution < -0.4 is 16.2 Å². The van der Waals surface area contributed by atoms with Crippen LogP contribution in [0.3, 0.4) is 0 Å². The number of hydrogen-bond acceptors (Lipinski definition) is 5. The Morgan fingerprint density at radius 2 is 2.04 bits per heavy atom. The van der Waals surface area contributed by atoms with Gasteiger partial charge in [0.05, 0.1) is 11.5 Å². The van der Waals surface area contributed by atoms with Gasteiger partial charge in [0.15, 0.2) is 5.16 Å². The van der Waals surface area contributed by atoms with Crippen LogP contribution in [0.2, 0.25) is 0 Å². The highest BCUT2D eigenvalue weighted by atomic mass is 32.2. The van der Waals surface area contributed by atoms with Gasteiger partial charge in [-0.15, -0.1) is 0 Å². The predicted molar refractivity (Wildman–Crippen MR) is 102 cm³/mol. The van der Waals surface area contributed by atoms with Crippen molar-refractivity contribution < 1.29 is 9.59 Å². The number of rotatable bonds is 5. The summed E-state index contributed by atoms with van der Waals surface area (Å²) in [7, 11) is 0. The summed E-state index contributed by atoms with van der Waals surface area (Å²) in [6.45, 7) is 3.98. The normalized spacial score (nSPS) is 15.9. The first-order valence-electron chi connectivity index (χ1n) is 8.42. The number of hydrogen-bond donors (Lipinski definition) is 3. The molecule has 26 heavy (non-hydrogen) atoms. The van der Waals surface area contributed by atoms with E-state index in [2.05, 4.69) is 20.6 Å². The first-order valence-corrected chi connectivity index (χ1v) is 9.41. The van der Waals surface area contributed by atoms with Crippen LogP contribution in [0, 0.1) is 6.92 Å². The highest BCUT2D eigenvalue weighted by molar-refractivity contribution is 7.99. The van der Waals surface area contributed by atoms with Crippen molar-refractivity contribution in [2.45, 2.75) is 37.8 Å². The number of benzene rings is 1. The average Bonchev–Trinajstić information content (AvgIpc) is 2.60. The van der Waals surface area contributed by atoms with Crippen LogP contribution in [0.5, 0.6) is 0 Å². The number of nitrogens with zero attached hydrogens (tertiary/aromatic N) is 1. The van der Waals surface area contributed by atoms with E-state index in [1.54, 1.807) is 12.1 Å². The third kappa shape index (κ3) is 3.96. The minimum absolute atomic E-state index is 0.0864. The third-order valence-electron chi connectivity index (χ3n) is 4.01. The number of H-pyrrole nitrogens is 1. The quantitative estimate of drug-likeness (QED) is 0.553. The molecule has 1 aromatic heterocycles. The summed E-state index contributed by atoms with van der Waals surface area (Å²) in [6.07, 6.45) is 0.844. The van der Waals surface area contributed by atoms with Crippen molar-refractivity contribution in [3.63, 3.8) is 0 Å². The number of thioether (sulfide) groups is 1. The summed E-state index contributed by atoms with van der Waals surface area (Å²) in [5, 5.41) is 5.82. The van der Waals surface area contributed by atoms with Gasteiger partial charge in [-0.2, -0.15) is 0 Å². The topological polar surface area (TPSA) is 104 Å². The third-order valence-corrected chi connectivity index (χ3v) is 5.09. The van der Waals surface area contributed by atoms with Crippen molar-refractivity contribution in [3.8, 4) is 0 Å². The second-order valence-electron chi connectivity index (χ2n) is 6.14. The van der Waals surface area contributed by atoms with Crippen molar-refractivity contribution in [1.29, 1.82) is 0 Å². The Balaban J connectivity index is 1.90. The molecular weight excluding hydrogens is 352 g/mol. The predicted octanol–water partition coefficient (Wildman–Crippen LogP) is 2.64. The van der Waals surface area contributed by atoms with Gasteiger partial charge in [0.25, 0.3) is 5.56 Å². The van der Waals surface area contributed by atoms with Crippen molar-refractivity contribution in [2.75, 3.05) is 16.4 Å². The molecule has 1 unspecified atom stereocenters. The maximum atomic E-state index is 12.7. The first kappa shape index (κ1) is 18.2. The highest BCUT2D eigenvalue weighted by Gasteiger charge is 2.34. The molecule has 3 rings (SSSR count). The Morgan fingerprint density at radius 3 is 2.73 bits per heavy atom. The summed E-state index contributed by atoms with van der Waals surface area (Å²) >= 11 is 1.40. The van der Waals surface area contributed by atoms with Crippen LogP contribution in [0.4, 0.5) is 11.5 Å². The lowest BCUT2D eigenvalue weighted by atomic mass is 9.92. The number of aromatic amines is 1. The monoisotopic (exact) mass is 372 g/mol. The van der Waals surface area contributed by atoms with Gasteiger partial charge in [0, 0.05) is 17.9 Å². The first-order chi connectivity index (χ1) is 12.5. The number of fused-ring (bicyclic) bond motifs is 1. The number of aromatic nitrogens is 2. The van der Waals surface area contributed by atoms with E-state index in [1.165, 1.54) is 11.8 Å². The van der Waals surface area contributed by atoms with Crippen LogP contribution in [-0.2, 0) is 9.59 Å². The zero-order valence-corrected chi connectivity index (χ0v) is 15.4. The number of amides is 2. The largest absolute Gasteiger partial charge is 0.326 e. The molecule has 2 aromatic rings. The van der Waals surface area contributed by atoms with Crippen molar-refractivity contribution in [2.24, 2.45) is 0 Å². The Hall–Kier alpha value is -2.61. The average molecular weight is 372 g/mol. The van der Waals surface area contributed by atoms with Crippen LogP contribution in [0.25, 0.3) is 0 Å². The van der Waals surface area contributed by atoms with Crippen molar-refractivity contribution in [1.82, 2.24) is 9.97 Å². The molecule has 136 valence electrons. The van der Waals surface area contributed by atoms with E-state index in [4.69, 9.17) is 0 Å². The zero-order chi connectivity index (χ0) is 18.7. The lowest BCUT2D eigenvalue weighted by molar-refractivity contribution is -0.123. The van der Waals surface area contributed by atoms with Gasteiger partial charge >= 0.3 is 0 Å². The molecule has 8 heteroatoms. The van der Waals surface area contributed by atoms with E-state index in [1.807, 2.05) is 26.0 Å². The lowest BCUT2D eigenvalue weighted by Crippen LogP contribution is -2.36. The fraction of sp³-hybridized carbons (Fsp3) is 0.333. The maximum absolute atomic E-state index is 12.7. The highest BCUT2D eigenvalue weighted by Crippen LogP contribution is 2.30. The second-order valence-corrected chi connectivity index (χ2v) is 7.23. The number of carbonyl (C=O) groups excluding carboxylic acids is 2. The SMILES string of the molecule is CCCSc1nc2c(c(=O)[nH]1)C(C(=O)Nc1ccc(C)cc1)CC(=O)N2. The van der Waals surface area contributed by atoms with Gasteiger partial charge in [-0.25, -0.2) is 4.98 Å². The van der Waals surface area contributed by atoms with Gasteiger partial charge in [-0.05, 0) is 25.5 Å². The number of aryl methyl sites for hydroxylation is 1. The van der Waals surface area contributed by atoms with Crippen molar-refractivity contribution >= 4 is 35.1 Å². The van der Waals surface area contributed by atoms with Gasteiger partial charge in [-0.3, -0.25) is 14.4 Å². The van der Waals surface area contributed by atoms with Gasteiger partial charge in [0.1, 0.15) is 5.82 Å². The molecule has 3 N–H and O–H groups in total. The fourth-order valence-electron chi connectivity index (χ4n) is 2.71. The smallest absolute Gasteiger partial charge is 0.257 e. The molecule has 0 fully saturated rings. The molecule has 1 atom stereocenters. The number of carbonyl (C=O) groups is 2. The van der Waals surface area contributed by atoms with E-state index in [9.17, 15) is 14.4 Å². The number of nitrogens with one attached hydrogen (secondary N) is 3. The molecule has 1 aliphatic rings. The lowest BCUT2D eigenvalue weighted by Gasteiger charge is -2.23. The molecule has 2 amide bonds. The van der Waals surface area contributed by atoms with E-state index in [0.29, 0.717) is 10.8 Å². The van der Waals surface area contributed by atoms with Gasteiger partial charge in [0.2, 0.25) is 11.8 Å². The molecule has 0 aliphatic carbocycles. The summed E-state index contributed by atoms with van der Waals surface area (Å²) in [4.78, 5) is 44.3. The van der Waals surface area contributed by atoms with Crippen LogP contribution in [0.1, 0.15) is 36.8 Å². The fourth-order valence-corrected chi connectivity index (χ4v) is 3.43. The molecule has 0 saturated heterocycles. The minimum atomic E-state index is -0.874. The number of anilines is 2. The van der Waals surface area contributed by atoms with Crippen LogP contribution in [-0.4, -0.2) is 27.5 Å². The van der Waals surface area contributed by atoms with Gasteiger partial charge < -0.3 is 15.6 Å². The Kier molecular flexibility index (Phi) is 5.41. The van der Waals surface area contributed by atoms with E-state index < -0.39 is 17.4 Å². The van der Waals surface area contributed by atoms with E-state index >= 15 is 0 Å². The molecule has 1 aliphatic heterocycles. The summed E-state index contributed by atoms with van der Waals surface area (Å²) in [5.41, 5.74) is 1.50.